The third kappa shape index (κ3) is 3.65. The van der Waals surface area contributed by atoms with Crippen LogP contribution < -0.4 is 5.32 Å². The van der Waals surface area contributed by atoms with Crippen LogP contribution in [0.2, 0.25) is 0 Å². The monoisotopic (exact) mass is 257 g/mol. The van der Waals surface area contributed by atoms with Crippen LogP contribution in [0.4, 0.5) is 4.39 Å². The molecule has 0 aromatic heterocycles. The third-order valence-electron chi connectivity index (χ3n) is 3.47. The van der Waals surface area contributed by atoms with Gasteiger partial charge in [0.2, 0.25) is 0 Å². The van der Waals surface area contributed by atoms with Gasteiger partial charge in [0.05, 0.1) is 0 Å². The molecular formula is C17H20FN. The largest absolute Gasteiger partial charge is 0.313 e. The topological polar surface area (TPSA) is 12.0 Å². The fourth-order valence-electron chi connectivity index (χ4n) is 2.27. The van der Waals surface area contributed by atoms with Crippen LogP contribution in [0.3, 0.4) is 0 Å². The molecule has 2 heteroatoms. The van der Waals surface area contributed by atoms with E-state index in [1.807, 2.05) is 13.1 Å². The summed E-state index contributed by atoms with van der Waals surface area (Å²) in [7, 11) is 1.94. The van der Waals surface area contributed by atoms with Crippen molar-refractivity contribution in [2.75, 3.05) is 7.05 Å². The summed E-state index contributed by atoms with van der Waals surface area (Å²) in [6.45, 7) is 2.15. The minimum Gasteiger partial charge on any atom is -0.313 e. The Hall–Kier alpha value is -1.67. The van der Waals surface area contributed by atoms with Crippen LogP contribution >= 0.6 is 0 Å². The molecule has 0 aliphatic heterocycles. The lowest BCUT2D eigenvalue weighted by molar-refractivity contribution is 0.584. The van der Waals surface area contributed by atoms with Crippen LogP contribution in [0, 0.1) is 5.82 Å². The van der Waals surface area contributed by atoms with Crippen molar-refractivity contribution >= 4 is 0 Å². The average molecular weight is 257 g/mol. The first-order valence-electron chi connectivity index (χ1n) is 6.73. The van der Waals surface area contributed by atoms with Gasteiger partial charge >= 0.3 is 0 Å². The standard InChI is InChI=1S/C17H20FN/c1-3-13-7-9-15(10-8-13)17(19-2)12-14-5-4-6-16(18)11-14/h4-11,17,19H,3,12H2,1-2H3. The third-order valence-corrected chi connectivity index (χ3v) is 3.47. The number of hydrogen-bond donors (Lipinski definition) is 1. The maximum atomic E-state index is 13.2. The normalized spacial score (nSPS) is 12.4. The molecule has 1 atom stereocenters. The maximum Gasteiger partial charge on any atom is 0.123 e. The molecule has 2 aromatic carbocycles. The van der Waals surface area contributed by atoms with Gasteiger partial charge in [-0.15, -0.1) is 0 Å². The Morgan fingerprint density at radius 1 is 1.05 bits per heavy atom. The predicted octanol–water partition coefficient (Wildman–Crippen LogP) is 3.89. The Kier molecular flexibility index (Phi) is 4.69. The van der Waals surface area contributed by atoms with E-state index in [1.165, 1.54) is 17.2 Å². The van der Waals surface area contributed by atoms with Crippen molar-refractivity contribution in [2.45, 2.75) is 25.8 Å². The van der Waals surface area contributed by atoms with Crippen LogP contribution in [0.15, 0.2) is 48.5 Å². The molecule has 1 nitrogen and oxygen atoms in total. The Labute approximate surface area is 114 Å². The van der Waals surface area contributed by atoms with Crippen LogP contribution in [0.25, 0.3) is 0 Å². The molecule has 0 saturated heterocycles. The average Bonchev–Trinajstić information content (AvgIpc) is 2.45. The van der Waals surface area contributed by atoms with Crippen molar-refractivity contribution in [2.24, 2.45) is 0 Å². The number of nitrogens with one attached hydrogen (secondary N) is 1. The van der Waals surface area contributed by atoms with Gasteiger partial charge in [-0.1, -0.05) is 43.3 Å². The molecule has 0 bridgehead atoms. The van der Waals surface area contributed by atoms with Gasteiger partial charge in [-0.3, -0.25) is 0 Å². The summed E-state index contributed by atoms with van der Waals surface area (Å²) in [6.07, 6.45) is 1.84. The highest BCUT2D eigenvalue weighted by molar-refractivity contribution is 5.27. The second-order valence-corrected chi connectivity index (χ2v) is 4.77. The maximum absolute atomic E-state index is 13.2. The summed E-state index contributed by atoms with van der Waals surface area (Å²) < 4.78 is 13.2. The molecule has 19 heavy (non-hydrogen) atoms. The number of halogens is 1. The molecule has 0 saturated carbocycles. The first-order chi connectivity index (χ1) is 9.22. The fourth-order valence-corrected chi connectivity index (χ4v) is 2.27. The molecular weight excluding hydrogens is 237 g/mol. The van der Waals surface area contributed by atoms with Crippen molar-refractivity contribution in [3.05, 3.63) is 71.0 Å². The molecule has 0 fully saturated rings. The zero-order valence-electron chi connectivity index (χ0n) is 11.5. The highest BCUT2D eigenvalue weighted by Crippen LogP contribution is 2.19. The SMILES string of the molecule is CCc1ccc(C(Cc2cccc(F)c2)NC)cc1. The molecule has 0 radical (unpaired) electrons. The lowest BCUT2D eigenvalue weighted by atomic mass is 9.97. The van der Waals surface area contributed by atoms with Crippen molar-refractivity contribution in [1.82, 2.24) is 5.32 Å². The van der Waals surface area contributed by atoms with Gasteiger partial charge in [0, 0.05) is 6.04 Å². The Morgan fingerprint density at radius 3 is 2.37 bits per heavy atom. The number of hydrogen-bond acceptors (Lipinski definition) is 1. The first-order valence-corrected chi connectivity index (χ1v) is 6.73. The molecule has 0 amide bonds. The van der Waals surface area contributed by atoms with E-state index in [1.54, 1.807) is 12.1 Å². The molecule has 100 valence electrons. The van der Waals surface area contributed by atoms with Crippen LogP contribution in [0.1, 0.15) is 29.7 Å². The Balaban J connectivity index is 2.15. The summed E-state index contributed by atoms with van der Waals surface area (Å²) in [5.74, 6) is -0.173. The molecule has 2 aromatic rings. The quantitative estimate of drug-likeness (QED) is 0.857. The van der Waals surface area contributed by atoms with E-state index >= 15 is 0 Å². The van der Waals surface area contributed by atoms with Gasteiger partial charge in [-0.25, -0.2) is 4.39 Å². The highest BCUT2D eigenvalue weighted by Gasteiger charge is 2.10. The zero-order chi connectivity index (χ0) is 13.7. The minimum atomic E-state index is -0.173. The summed E-state index contributed by atoms with van der Waals surface area (Å²) in [4.78, 5) is 0. The van der Waals surface area contributed by atoms with E-state index in [9.17, 15) is 4.39 Å². The number of aryl methyl sites for hydroxylation is 1. The summed E-state index contributed by atoms with van der Waals surface area (Å²) in [5, 5.41) is 3.30. The summed E-state index contributed by atoms with van der Waals surface area (Å²) in [6, 6.07) is 15.6. The van der Waals surface area contributed by atoms with E-state index < -0.39 is 0 Å². The Morgan fingerprint density at radius 2 is 1.79 bits per heavy atom. The lowest BCUT2D eigenvalue weighted by Gasteiger charge is -2.17. The van der Waals surface area contributed by atoms with Gasteiger partial charge in [-0.05, 0) is 48.7 Å². The second-order valence-electron chi connectivity index (χ2n) is 4.77. The van der Waals surface area contributed by atoms with E-state index in [-0.39, 0.29) is 11.9 Å². The lowest BCUT2D eigenvalue weighted by Crippen LogP contribution is -2.18. The predicted molar refractivity (Wildman–Crippen MR) is 77.7 cm³/mol. The zero-order valence-corrected chi connectivity index (χ0v) is 11.5. The molecule has 0 spiro atoms. The van der Waals surface area contributed by atoms with Crippen LogP contribution in [-0.4, -0.2) is 7.05 Å². The summed E-state index contributed by atoms with van der Waals surface area (Å²) >= 11 is 0. The number of benzene rings is 2. The van der Waals surface area contributed by atoms with E-state index in [0.717, 1.165) is 18.4 Å². The summed E-state index contributed by atoms with van der Waals surface area (Å²) in [5.41, 5.74) is 3.59. The second kappa shape index (κ2) is 6.48. The van der Waals surface area contributed by atoms with Gasteiger partial charge in [-0.2, -0.15) is 0 Å². The molecule has 0 aliphatic carbocycles. The van der Waals surface area contributed by atoms with Crippen molar-refractivity contribution in [1.29, 1.82) is 0 Å². The van der Waals surface area contributed by atoms with Crippen molar-refractivity contribution < 1.29 is 4.39 Å². The molecule has 0 aliphatic rings. The van der Waals surface area contributed by atoms with Gasteiger partial charge < -0.3 is 5.32 Å². The molecule has 2 rings (SSSR count). The molecule has 1 N–H and O–H groups in total. The molecule has 0 heterocycles. The van der Waals surface area contributed by atoms with Gasteiger partial charge in [0.25, 0.3) is 0 Å². The van der Waals surface area contributed by atoms with Crippen LogP contribution in [-0.2, 0) is 12.8 Å². The first kappa shape index (κ1) is 13.8. The van der Waals surface area contributed by atoms with E-state index in [2.05, 4.69) is 36.5 Å². The van der Waals surface area contributed by atoms with Crippen molar-refractivity contribution in [3.63, 3.8) is 0 Å². The number of likely N-dealkylation sites (N-methyl/N-ethyl adjacent to an activating group) is 1. The van der Waals surface area contributed by atoms with Gasteiger partial charge in [0.15, 0.2) is 0 Å². The Bertz CT molecular complexity index is 519. The van der Waals surface area contributed by atoms with Crippen molar-refractivity contribution in [3.8, 4) is 0 Å². The van der Waals surface area contributed by atoms with E-state index in [0.29, 0.717) is 0 Å². The minimum absolute atomic E-state index is 0.173. The number of rotatable bonds is 5. The van der Waals surface area contributed by atoms with Gasteiger partial charge in [0.1, 0.15) is 5.82 Å². The fraction of sp³-hybridized carbons (Fsp3) is 0.294. The van der Waals surface area contributed by atoms with Crippen LogP contribution in [0.5, 0.6) is 0 Å². The highest BCUT2D eigenvalue weighted by atomic mass is 19.1. The molecule has 1 unspecified atom stereocenters. The van der Waals surface area contributed by atoms with E-state index in [4.69, 9.17) is 0 Å². The smallest absolute Gasteiger partial charge is 0.123 e.